The minimum Gasteiger partial charge on any atom is -0.339 e. The van der Waals surface area contributed by atoms with Gasteiger partial charge in [-0.15, -0.1) is 11.8 Å². The zero-order valence-corrected chi connectivity index (χ0v) is 29.1. The first kappa shape index (κ1) is 34.6. The van der Waals surface area contributed by atoms with Crippen LogP contribution in [-0.4, -0.2) is 32.3 Å². The molecule has 3 N–H and O–H groups in total. The Balaban J connectivity index is 1.33. The highest BCUT2D eigenvalue weighted by Gasteiger charge is 2.29. The summed E-state index contributed by atoms with van der Waals surface area (Å²) in [7, 11) is 0. The molecule has 2 atom stereocenters. The van der Waals surface area contributed by atoms with E-state index in [2.05, 4.69) is 71.7 Å². The summed E-state index contributed by atoms with van der Waals surface area (Å²) in [6.45, 7) is 3.99. The number of thioether (sulfide) groups is 2. The molecular formula is C39H37F3N4OS2. The molecule has 0 fully saturated rings. The Hall–Kier alpha value is -4.25. The van der Waals surface area contributed by atoms with Gasteiger partial charge in [-0.05, 0) is 127 Å². The van der Waals surface area contributed by atoms with E-state index in [1.54, 1.807) is 24.0 Å². The third kappa shape index (κ3) is 8.49. The van der Waals surface area contributed by atoms with Crippen LogP contribution in [0.25, 0.3) is 28.0 Å². The summed E-state index contributed by atoms with van der Waals surface area (Å²) < 4.78 is 41.6. The number of aryl methyl sites for hydroxylation is 2. The van der Waals surface area contributed by atoms with Crippen molar-refractivity contribution < 1.29 is 13.2 Å². The second kappa shape index (κ2) is 14.7. The first-order valence-electron chi connectivity index (χ1n) is 16.0. The van der Waals surface area contributed by atoms with Crippen molar-refractivity contribution in [2.45, 2.75) is 60.4 Å². The molecule has 0 aliphatic rings. The largest absolute Gasteiger partial charge is 0.446 e. The number of aromatic nitrogens is 3. The van der Waals surface area contributed by atoms with Crippen LogP contribution < -0.4 is 11.4 Å². The molecule has 2 heterocycles. The molecule has 0 unspecified atom stereocenters. The minimum absolute atomic E-state index is 0.00462. The molecule has 49 heavy (non-hydrogen) atoms. The van der Waals surface area contributed by atoms with Gasteiger partial charge in [0.05, 0.1) is 5.69 Å². The maximum atomic E-state index is 13.4. The maximum Gasteiger partial charge on any atom is 0.446 e. The van der Waals surface area contributed by atoms with Crippen molar-refractivity contribution in [1.82, 2.24) is 14.5 Å². The normalized spacial score (nSPS) is 13.1. The van der Waals surface area contributed by atoms with Crippen LogP contribution in [0.2, 0.25) is 0 Å². The molecule has 0 bridgehead atoms. The van der Waals surface area contributed by atoms with Crippen molar-refractivity contribution in [3.63, 3.8) is 0 Å². The lowest BCUT2D eigenvalue weighted by atomic mass is 9.85. The van der Waals surface area contributed by atoms with Gasteiger partial charge >= 0.3 is 11.2 Å². The molecule has 0 aliphatic heterocycles. The standard InChI is InChI=1S/C39H37F3N4OS2/c1-24-7-9-27(10-8-24)36(29-13-17-33(48-3)18-14-29)28-11-15-32(16-12-28)46-23-31-22-35(44-37(31)45-38(46)47)30-19-26(6-4-5-25(2)43)20-34(21-30)49-39(40,41)42/h7-23,25,36H,4-6,43H2,1-3H3,(H,44,45,47)/t25-,36-/m0/s1. The number of rotatable bonds is 11. The lowest BCUT2D eigenvalue weighted by Crippen LogP contribution is -2.20. The van der Waals surface area contributed by atoms with E-state index in [-0.39, 0.29) is 28.6 Å². The number of nitrogens with two attached hydrogens (primary N) is 1. The predicted molar refractivity (Wildman–Crippen MR) is 196 cm³/mol. The lowest BCUT2D eigenvalue weighted by Gasteiger charge is -2.20. The van der Waals surface area contributed by atoms with Crippen molar-refractivity contribution in [1.29, 1.82) is 0 Å². The number of fused-ring (bicyclic) bond motifs is 1. The van der Waals surface area contributed by atoms with Crippen molar-refractivity contribution in [3.8, 4) is 16.9 Å². The molecule has 5 nitrogen and oxygen atoms in total. The lowest BCUT2D eigenvalue weighted by molar-refractivity contribution is -0.0328. The third-order valence-corrected chi connectivity index (χ3v) is 9.95. The molecule has 0 saturated heterocycles. The average molecular weight is 699 g/mol. The number of alkyl halides is 3. The van der Waals surface area contributed by atoms with Gasteiger partial charge in [-0.3, -0.25) is 4.57 Å². The SMILES string of the molecule is CSc1ccc([C@@H](c2ccc(C)cc2)c2ccc(-n3cc4cc(-c5cc(CCC[C@H](C)N)cc(SC(F)(F)F)c5)[nH]c4nc3=O)cc2)cc1. The zero-order valence-electron chi connectivity index (χ0n) is 27.4. The van der Waals surface area contributed by atoms with Gasteiger partial charge in [0.15, 0.2) is 0 Å². The Morgan fingerprint density at radius 3 is 2.12 bits per heavy atom. The van der Waals surface area contributed by atoms with Gasteiger partial charge in [0.1, 0.15) is 5.65 Å². The van der Waals surface area contributed by atoms with Crippen molar-refractivity contribution in [2.24, 2.45) is 5.73 Å². The predicted octanol–water partition coefficient (Wildman–Crippen LogP) is 9.87. The minimum atomic E-state index is -4.42. The van der Waals surface area contributed by atoms with Gasteiger partial charge in [-0.2, -0.15) is 18.2 Å². The van der Waals surface area contributed by atoms with E-state index in [4.69, 9.17) is 5.73 Å². The summed E-state index contributed by atoms with van der Waals surface area (Å²) in [5.41, 5.74) is 8.63. The van der Waals surface area contributed by atoms with E-state index < -0.39 is 11.2 Å². The molecule has 0 amide bonds. The molecule has 0 aliphatic carbocycles. The van der Waals surface area contributed by atoms with Crippen LogP contribution in [-0.2, 0) is 6.42 Å². The van der Waals surface area contributed by atoms with E-state index in [0.29, 0.717) is 34.4 Å². The Bertz CT molecular complexity index is 2100. The number of nitrogens with zero attached hydrogens (tertiary/aromatic N) is 2. The molecule has 252 valence electrons. The highest BCUT2D eigenvalue weighted by Crippen LogP contribution is 2.39. The topological polar surface area (TPSA) is 76.7 Å². The molecule has 6 aromatic rings. The molecule has 0 spiro atoms. The number of hydrogen-bond donors (Lipinski definition) is 2. The van der Waals surface area contributed by atoms with Gasteiger partial charge in [-0.25, -0.2) is 4.79 Å². The maximum absolute atomic E-state index is 13.4. The van der Waals surface area contributed by atoms with Crippen molar-refractivity contribution >= 4 is 34.6 Å². The number of aromatic amines is 1. The quantitative estimate of drug-likeness (QED) is 0.104. The van der Waals surface area contributed by atoms with Crippen LogP contribution in [0.3, 0.4) is 0 Å². The van der Waals surface area contributed by atoms with E-state index in [1.807, 2.05) is 43.3 Å². The summed E-state index contributed by atoms with van der Waals surface area (Å²) in [5.74, 6) is 0.00462. The second-order valence-corrected chi connectivity index (χ2v) is 14.4. The van der Waals surface area contributed by atoms with Crippen LogP contribution in [0, 0.1) is 6.92 Å². The number of benzene rings is 4. The average Bonchev–Trinajstić information content (AvgIpc) is 3.48. The number of H-pyrrole nitrogens is 1. The van der Waals surface area contributed by atoms with E-state index in [0.717, 1.165) is 24.0 Å². The van der Waals surface area contributed by atoms with Crippen molar-refractivity contribution in [2.75, 3.05) is 6.26 Å². The number of halogens is 3. The molecule has 0 radical (unpaired) electrons. The second-order valence-electron chi connectivity index (χ2n) is 12.4. The molecular weight excluding hydrogens is 662 g/mol. The smallest absolute Gasteiger partial charge is 0.339 e. The third-order valence-electron chi connectivity index (χ3n) is 8.51. The summed E-state index contributed by atoms with van der Waals surface area (Å²) in [4.78, 5) is 22.0. The number of nitrogens with one attached hydrogen (secondary N) is 1. The van der Waals surface area contributed by atoms with Crippen LogP contribution in [0.1, 0.15) is 53.5 Å². The van der Waals surface area contributed by atoms with Crippen molar-refractivity contribution in [3.05, 3.63) is 142 Å². The summed E-state index contributed by atoms with van der Waals surface area (Å²) in [6, 6.07) is 31.9. The Labute approximate surface area is 292 Å². The Kier molecular flexibility index (Phi) is 10.4. The Morgan fingerprint density at radius 2 is 1.51 bits per heavy atom. The van der Waals surface area contributed by atoms with E-state index in [9.17, 15) is 18.0 Å². The van der Waals surface area contributed by atoms with Crippen LogP contribution in [0.4, 0.5) is 13.2 Å². The zero-order chi connectivity index (χ0) is 34.7. The van der Waals surface area contributed by atoms with E-state index in [1.165, 1.54) is 32.2 Å². The van der Waals surface area contributed by atoms with E-state index >= 15 is 0 Å². The summed E-state index contributed by atoms with van der Waals surface area (Å²) >= 11 is 1.57. The van der Waals surface area contributed by atoms with Gasteiger partial charge in [-0.1, -0.05) is 54.1 Å². The molecule has 2 aromatic heterocycles. The summed E-state index contributed by atoms with van der Waals surface area (Å²) in [5, 5.41) is 0.664. The highest BCUT2D eigenvalue weighted by molar-refractivity contribution is 8.00. The van der Waals surface area contributed by atoms with Crippen LogP contribution >= 0.6 is 23.5 Å². The van der Waals surface area contributed by atoms with Gasteiger partial charge in [0.25, 0.3) is 0 Å². The van der Waals surface area contributed by atoms with Gasteiger partial charge in [0, 0.05) is 39.0 Å². The fourth-order valence-electron chi connectivity index (χ4n) is 6.08. The first-order chi connectivity index (χ1) is 23.5. The van der Waals surface area contributed by atoms with Crippen LogP contribution in [0.5, 0.6) is 0 Å². The van der Waals surface area contributed by atoms with Gasteiger partial charge < -0.3 is 10.7 Å². The number of hydrogen-bond acceptors (Lipinski definition) is 5. The van der Waals surface area contributed by atoms with Gasteiger partial charge in [0.2, 0.25) is 0 Å². The summed E-state index contributed by atoms with van der Waals surface area (Å²) in [6.07, 6.45) is 5.92. The molecule has 6 rings (SSSR count). The highest BCUT2D eigenvalue weighted by atomic mass is 32.2. The monoisotopic (exact) mass is 698 g/mol. The Morgan fingerprint density at radius 1 is 0.878 bits per heavy atom. The first-order valence-corrected chi connectivity index (χ1v) is 18.1. The fourth-order valence-corrected chi connectivity index (χ4v) is 7.15. The molecule has 4 aromatic carbocycles. The molecule has 10 heteroatoms. The van der Waals surface area contributed by atoms with Crippen LogP contribution in [0.15, 0.2) is 118 Å². The molecule has 0 saturated carbocycles. The fraction of sp³-hybridized carbons (Fsp3) is 0.231.